The summed E-state index contributed by atoms with van der Waals surface area (Å²) in [6, 6.07) is 0. The van der Waals surface area contributed by atoms with E-state index in [2.05, 4.69) is 28.1 Å². The summed E-state index contributed by atoms with van der Waals surface area (Å²) in [5.41, 5.74) is 0. The Hall–Kier alpha value is 0.350. The minimum atomic E-state index is 0.893. The average molecular weight is 388 g/mol. The van der Waals surface area contributed by atoms with E-state index in [9.17, 15) is 0 Å². The first-order chi connectivity index (χ1) is 12.6. The Balaban J connectivity index is 3.01. The van der Waals surface area contributed by atoms with Crippen LogP contribution in [0.2, 0.25) is 0 Å². The van der Waals surface area contributed by atoms with Gasteiger partial charge in [0, 0.05) is 0 Å². The van der Waals surface area contributed by atoms with E-state index < -0.39 is 0 Å². The molecule has 0 radical (unpaired) electrons. The van der Waals surface area contributed by atoms with Gasteiger partial charge in [0.2, 0.25) is 0 Å². The van der Waals surface area contributed by atoms with Crippen molar-refractivity contribution in [3.05, 3.63) is 0 Å². The molecule has 0 fully saturated rings. The number of hydrogen-bond donors (Lipinski definition) is 0. The van der Waals surface area contributed by atoms with Crippen LogP contribution in [0.3, 0.4) is 0 Å². The van der Waals surface area contributed by atoms with Crippen LogP contribution in [0, 0.1) is 0 Å². The van der Waals surface area contributed by atoms with Gasteiger partial charge in [-0.25, -0.2) is 0 Å². The molecule has 158 valence electrons. The van der Waals surface area contributed by atoms with Crippen LogP contribution in [0.4, 0.5) is 0 Å². The van der Waals surface area contributed by atoms with E-state index in [0.717, 1.165) is 17.6 Å². The van der Waals surface area contributed by atoms with Crippen LogP contribution in [-0.4, -0.2) is 44.9 Å². The van der Waals surface area contributed by atoms with Gasteiger partial charge in [-0.1, -0.05) is 110 Å². The van der Waals surface area contributed by atoms with Gasteiger partial charge in [0.25, 0.3) is 0 Å². The number of likely N-dealkylation sites (N-methyl/N-ethyl adjacent to an activating group) is 1. The Bertz CT molecular complexity index is 265. The lowest BCUT2D eigenvalue weighted by atomic mass is 10.0. The highest BCUT2D eigenvalue weighted by Crippen LogP contribution is 2.17. The van der Waals surface area contributed by atoms with Crippen molar-refractivity contribution in [1.82, 2.24) is 0 Å². The molecule has 0 aliphatic rings. The van der Waals surface area contributed by atoms with E-state index in [1.807, 2.05) is 0 Å². The molecular weight excluding hydrogens is 337 g/mol. The van der Waals surface area contributed by atoms with E-state index in [4.69, 9.17) is 4.52 Å². The minimum Gasteiger partial charge on any atom is -0.553 e. The van der Waals surface area contributed by atoms with Crippen LogP contribution in [0.25, 0.3) is 0 Å². The summed E-state index contributed by atoms with van der Waals surface area (Å²) in [4.78, 5) is 0. The monoisotopic (exact) mass is 387 g/mol. The summed E-state index contributed by atoms with van der Waals surface area (Å²) >= 11 is 0. The Morgan fingerprint density at radius 3 is 1.35 bits per heavy atom. The smallest absolute Gasteiger partial charge is 0.0989 e. The first kappa shape index (κ1) is 26.4. The fourth-order valence-corrected chi connectivity index (χ4v) is 3.86. The molecule has 0 aliphatic heterocycles. The molecule has 0 rings (SSSR count). The quantitative estimate of drug-likeness (QED) is 0.111. The lowest BCUT2D eigenvalue weighted by molar-refractivity contribution is -0.870. The van der Waals surface area contributed by atoms with E-state index in [1.165, 1.54) is 118 Å². The molecule has 0 bridgehead atoms. The minimum absolute atomic E-state index is 0.893. The number of unbranched alkanes of at least 4 members (excludes halogenated alkanes) is 15. The van der Waals surface area contributed by atoms with Gasteiger partial charge in [-0.15, -0.1) is 0 Å². The van der Waals surface area contributed by atoms with Gasteiger partial charge in [0.05, 0.1) is 34.3 Å². The molecule has 2 nitrogen and oxygen atoms in total. The third-order valence-corrected chi connectivity index (χ3v) is 5.91. The van der Waals surface area contributed by atoms with E-state index >= 15 is 0 Å². The Morgan fingerprint density at radius 1 is 0.577 bits per heavy atom. The molecule has 0 amide bonds. The van der Waals surface area contributed by atoms with Crippen LogP contribution in [0.15, 0.2) is 0 Å². The second-order valence-corrected chi connectivity index (χ2v) is 9.97. The molecule has 0 N–H and O–H groups in total. The predicted octanol–water partition coefficient (Wildman–Crippen LogP) is 7.83. The normalized spacial score (nSPS) is 12.5. The summed E-state index contributed by atoms with van der Waals surface area (Å²) in [5, 5.41) is 0. The highest BCUT2D eigenvalue weighted by Gasteiger charge is 2.03. The average Bonchev–Trinajstić information content (AvgIpc) is 2.59. The first-order valence-electron chi connectivity index (χ1n) is 11.7. The maximum Gasteiger partial charge on any atom is 0.0989 e. The summed E-state index contributed by atoms with van der Waals surface area (Å²) in [6.45, 7) is 4.29. The zero-order valence-corrected chi connectivity index (χ0v) is 19.6. The maximum absolute atomic E-state index is 5.69. The largest absolute Gasteiger partial charge is 0.553 e. The lowest BCUT2D eigenvalue weighted by Crippen LogP contribution is -2.37. The summed E-state index contributed by atoms with van der Waals surface area (Å²) < 4.78 is 6.69. The van der Waals surface area contributed by atoms with Gasteiger partial charge in [-0.3, -0.25) is 0 Å². The van der Waals surface area contributed by atoms with Gasteiger partial charge < -0.3 is 17.8 Å². The molecule has 0 saturated carbocycles. The fraction of sp³-hybridized carbons (Fsp3) is 1.00. The number of nitrogens with zero attached hydrogens (tertiary/aromatic N) is 1. The topological polar surface area (TPSA) is 9.23 Å². The Labute approximate surface area is 168 Å². The summed E-state index contributed by atoms with van der Waals surface area (Å²) in [5.74, 6) is 0. The zero-order valence-electron chi connectivity index (χ0n) is 18.7. The van der Waals surface area contributed by atoms with Crippen molar-refractivity contribution in [2.45, 2.75) is 110 Å². The number of hydrogen-bond acceptors (Lipinski definition) is 1. The Kier molecular flexibility index (Phi) is 20.4. The van der Waals surface area contributed by atoms with Crippen LogP contribution in [0.1, 0.15) is 110 Å². The maximum atomic E-state index is 5.69. The molecule has 0 aromatic carbocycles. The molecular formula is C23H50NOP. The van der Waals surface area contributed by atoms with Crippen molar-refractivity contribution in [1.29, 1.82) is 0 Å². The molecule has 3 heteroatoms. The van der Waals surface area contributed by atoms with Gasteiger partial charge in [0.15, 0.2) is 0 Å². The second kappa shape index (κ2) is 20.1. The van der Waals surface area contributed by atoms with Gasteiger partial charge >= 0.3 is 0 Å². The standard InChI is InChI=1S/C23H50NOP/c1-5-6-7-8-9-10-11-12-13-14-15-16-17-18-19-20-23-26-25-22-21-24(2,3)4/h5-23H2,1-4H3. The SMILES string of the molecule is CCCCCCCCCCCCCCCCCC[P-]OCC[N+](C)(C)C. The third kappa shape index (κ3) is 24.4. The Morgan fingerprint density at radius 2 is 0.962 bits per heavy atom. The zero-order chi connectivity index (χ0) is 19.3. The van der Waals surface area contributed by atoms with Crippen molar-refractivity contribution in [3.63, 3.8) is 0 Å². The van der Waals surface area contributed by atoms with Gasteiger partial charge in [0.1, 0.15) is 0 Å². The molecule has 26 heavy (non-hydrogen) atoms. The van der Waals surface area contributed by atoms with Crippen LogP contribution >= 0.6 is 8.81 Å². The van der Waals surface area contributed by atoms with Crippen molar-refractivity contribution in [2.24, 2.45) is 0 Å². The fourth-order valence-electron chi connectivity index (χ4n) is 3.17. The summed E-state index contributed by atoms with van der Waals surface area (Å²) in [7, 11) is 7.85. The van der Waals surface area contributed by atoms with Crippen LogP contribution in [-0.2, 0) is 4.52 Å². The molecule has 0 saturated heterocycles. The van der Waals surface area contributed by atoms with Crippen molar-refractivity contribution < 1.29 is 9.01 Å². The molecule has 0 aromatic heterocycles. The van der Waals surface area contributed by atoms with Gasteiger partial charge in [-0.05, 0) is 0 Å². The highest BCUT2D eigenvalue weighted by molar-refractivity contribution is 7.32. The highest BCUT2D eigenvalue weighted by atomic mass is 31.1. The van der Waals surface area contributed by atoms with Crippen molar-refractivity contribution >= 4 is 8.81 Å². The molecule has 0 unspecified atom stereocenters. The van der Waals surface area contributed by atoms with E-state index in [-0.39, 0.29) is 0 Å². The van der Waals surface area contributed by atoms with E-state index in [0.29, 0.717) is 0 Å². The molecule has 0 spiro atoms. The lowest BCUT2D eigenvalue weighted by Gasteiger charge is -2.27. The van der Waals surface area contributed by atoms with Crippen molar-refractivity contribution in [3.8, 4) is 0 Å². The molecule has 0 atom stereocenters. The van der Waals surface area contributed by atoms with Crippen LogP contribution in [0.5, 0.6) is 0 Å². The first-order valence-corrected chi connectivity index (χ1v) is 12.7. The number of rotatable bonds is 21. The van der Waals surface area contributed by atoms with Gasteiger partial charge in [-0.2, -0.15) is 6.16 Å². The van der Waals surface area contributed by atoms with E-state index in [1.54, 1.807) is 0 Å². The molecule has 0 heterocycles. The number of quaternary nitrogens is 1. The molecule has 0 aliphatic carbocycles. The van der Waals surface area contributed by atoms with Crippen LogP contribution < -0.4 is 0 Å². The third-order valence-electron chi connectivity index (χ3n) is 5.05. The predicted molar refractivity (Wildman–Crippen MR) is 120 cm³/mol. The molecule has 0 aromatic rings. The van der Waals surface area contributed by atoms with Crippen molar-refractivity contribution in [2.75, 3.05) is 40.5 Å². The summed E-state index contributed by atoms with van der Waals surface area (Å²) in [6.07, 6.45) is 24.3. The second-order valence-electron chi connectivity index (χ2n) is 9.00.